The lowest BCUT2D eigenvalue weighted by Crippen LogP contribution is -2.31. The Bertz CT molecular complexity index is 591. The van der Waals surface area contributed by atoms with Gasteiger partial charge in [0.05, 0.1) is 0 Å². The summed E-state index contributed by atoms with van der Waals surface area (Å²) in [5.74, 6) is -0.593. The summed E-state index contributed by atoms with van der Waals surface area (Å²) in [6, 6.07) is 2.61. The third-order valence-electron chi connectivity index (χ3n) is 2.96. The minimum Gasteiger partial charge on any atom is -0.313 e. The smallest absolute Gasteiger partial charge is 0.245 e. The molecule has 1 aromatic rings. The Balaban J connectivity index is 3.25. The van der Waals surface area contributed by atoms with Crippen molar-refractivity contribution in [1.29, 1.82) is 0 Å². The highest BCUT2D eigenvalue weighted by Crippen LogP contribution is 2.26. The summed E-state index contributed by atoms with van der Waals surface area (Å²) in [6.45, 7) is 6.89. The van der Waals surface area contributed by atoms with Crippen LogP contribution in [0.4, 0.5) is 4.39 Å². The van der Waals surface area contributed by atoms with Crippen molar-refractivity contribution in [1.82, 2.24) is 9.62 Å². The van der Waals surface area contributed by atoms with Crippen LogP contribution in [0.2, 0.25) is 5.02 Å². The molecule has 7 heteroatoms. The number of hydrogen-bond donors (Lipinski definition) is 1. The largest absolute Gasteiger partial charge is 0.313 e. The van der Waals surface area contributed by atoms with E-state index in [1.807, 2.05) is 20.8 Å². The molecule has 0 saturated heterocycles. The number of nitrogens with zero attached hydrogens (tertiary/aromatic N) is 1. The Morgan fingerprint density at radius 2 is 2.00 bits per heavy atom. The highest BCUT2D eigenvalue weighted by atomic mass is 35.5. The second-order valence-corrected chi connectivity index (χ2v) is 7.79. The Labute approximate surface area is 131 Å². The molecule has 0 saturated carbocycles. The van der Waals surface area contributed by atoms with Gasteiger partial charge in [0.1, 0.15) is 10.7 Å². The Kier molecular flexibility index (Phi) is 6.59. The summed E-state index contributed by atoms with van der Waals surface area (Å²) in [5.41, 5.74) is 0.251. The van der Waals surface area contributed by atoms with Crippen LogP contribution in [0.25, 0.3) is 0 Å². The summed E-state index contributed by atoms with van der Waals surface area (Å²) in [4.78, 5) is -0.369. The van der Waals surface area contributed by atoms with Gasteiger partial charge in [-0.25, -0.2) is 17.1 Å². The van der Waals surface area contributed by atoms with Gasteiger partial charge < -0.3 is 5.32 Å². The molecule has 1 aromatic carbocycles. The molecule has 0 amide bonds. The van der Waals surface area contributed by atoms with Crippen molar-refractivity contribution in [3.8, 4) is 0 Å². The summed E-state index contributed by atoms with van der Waals surface area (Å²) >= 11 is 5.94. The number of hydrogen-bond acceptors (Lipinski definition) is 3. The topological polar surface area (TPSA) is 49.4 Å². The quantitative estimate of drug-likeness (QED) is 0.833. The highest BCUT2D eigenvalue weighted by Gasteiger charge is 2.27. The maximum Gasteiger partial charge on any atom is 0.245 e. The van der Waals surface area contributed by atoms with Gasteiger partial charge in [-0.1, -0.05) is 32.4 Å². The third kappa shape index (κ3) is 4.64. The van der Waals surface area contributed by atoms with Gasteiger partial charge in [-0.15, -0.1) is 0 Å². The van der Waals surface area contributed by atoms with E-state index in [0.29, 0.717) is 13.1 Å². The number of rotatable bonds is 7. The van der Waals surface area contributed by atoms with Crippen LogP contribution in [0.3, 0.4) is 0 Å². The lowest BCUT2D eigenvalue weighted by Gasteiger charge is -2.20. The molecule has 0 fully saturated rings. The summed E-state index contributed by atoms with van der Waals surface area (Å²) in [5, 5.41) is 3.17. The van der Waals surface area contributed by atoms with E-state index in [2.05, 4.69) is 5.32 Å². The van der Waals surface area contributed by atoms with Gasteiger partial charge in [0.15, 0.2) is 0 Å². The van der Waals surface area contributed by atoms with Crippen molar-refractivity contribution in [2.24, 2.45) is 5.92 Å². The van der Waals surface area contributed by atoms with Crippen LogP contribution in [-0.4, -0.2) is 32.9 Å². The standard InChI is InChI=1S/C14H22ClFN2O2S/c1-5-17-8-11-6-12(15)7-13(14(11)16)21(19,20)18(4)9-10(2)3/h6-7,10,17H,5,8-9H2,1-4H3. The van der Waals surface area contributed by atoms with E-state index in [0.717, 1.165) is 4.31 Å². The van der Waals surface area contributed by atoms with Crippen LogP contribution in [0.5, 0.6) is 0 Å². The van der Waals surface area contributed by atoms with Gasteiger partial charge >= 0.3 is 0 Å². The van der Waals surface area contributed by atoms with Gasteiger partial charge in [0, 0.05) is 30.7 Å². The fraction of sp³-hybridized carbons (Fsp3) is 0.571. The van der Waals surface area contributed by atoms with Crippen molar-refractivity contribution in [2.45, 2.75) is 32.2 Å². The lowest BCUT2D eigenvalue weighted by molar-refractivity contribution is 0.413. The zero-order valence-corrected chi connectivity index (χ0v) is 14.4. The van der Waals surface area contributed by atoms with E-state index in [1.165, 1.54) is 19.2 Å². The first-order chi connectivity index (χ1) is 9.70. The first-order valence-corrected chi connectivity index (χ1v) is 8.66. The molecule has 120 valence electrons. The van der Waals surface area contributed by atoms with Crippen molar-refractivity contribution in [3.05, 3.63) is 28.5 Å². The molecule has 0 radical (unpaired) electrons. The van der Waals surface area contributed by atoms with Crippen molar-refractivity contribution in [3.63, 3.8) is 0 Å². The predicted molar refractivity (Wildman–Crippen MR) is 83.4 cm³/mol. The molecule has 0 heterocycles. The number of halogens is 2. The highest BCUT2D eigenvalue weighted by molar-refractivity contribution is 7.89. The fourth-order valence-corrected chi connectivity index (χ4v) is 3.74. The molecular weight excluding hydrogens is 315 g/mol. The minimum absolute atomic E-state index is 0.147. The number of benzene rings is 1. The van der Waals surface area contributed by atoms with Crippen LogP contribution in [0.1, 0.15) is 26.3 Å². The maximum absolute atomic E-state index is 14.5. The molecule has 0 bridgehead atoms. The molecule has 1 N–H and O–H groups in total. The Hall–Kier alpha value is -0.690. The van der Waals surface area contributed by atoms with Gasteiger partial charge in [0.2, 0.25) is 10.0 Å². The number of sulfonamides is 1. The molecule has 0 aliphatic carbocycles. The van der Waals surface area contributed by atoms with Crippen LogP contribution < -0.4 is 5.32 Å². The molecule has 0 aliphatic rings. The average Bonchev–Trinajstić information content (AvgIpc) is 2.38. The predicted octanol–water partition coefficient (Wildman–Crippen LogP) is 2.87. The summed E-state index contributed by atoms with van der Waals surface area (Å²) in [6.07, 6.45) is 0. The van der Waals surface area contributed by atoms with Gasteiger partial charge in [-0.05, 0) is 24.6 Å². The molecular formula is C14H22ClFN2O2S. The van der Waals surface area contributed by atoms with Crippen molar-refractivity contribution < 1.29 is 12.8 Å². The zero-order chi connectivity index (χ0) is 16.2. The van der Waals surface area contributed by atoms with E-state index >= 15 is 0 Å². The second-order valence-electron chi connectivity index (χ2n) is 5.34. The van der Waals surface area contributed by atoms with E-state index in [9.17, 15) is 12.8 Å². The minimum atomic E-state index is -3.89. The molecule has 4 nitrogen and oxygen atoms in total. The van der Waals surface area contributed by atoms with E-state index in [1.54, 1.807) is 0 Å². The van der Waals surface area contributed by atoms with E-state index < -0.39 is 15.8 Å². The molecule has 0 spiro atoms. The van der Waals surface area contributed by atoms with Crippen LogP contribution in [0, 0.1) is 11.7 Å². The second kappa shape index (κ2) is 7.54. The van der Waals surface area contributed by atoms with E-state index in [4.69, 9.17) is 11.6 Å². The average molecular weight is 337 g/mol. The molecule has 0 aromatic heterocycles. The third-order valence-corrected chi connectivity index (χ3v) is 5.00. The van der Waals surface area contributed by atoms with Crippen molar-refractivity contribution >= 4 is 21.6 Å². The van der Waals surface area contributed by atoms with Gasteiger partial charge in [0.25, 0.3) is 0 Å². The van der Waals surface area contributed by atoms with Crippen LogP contribution in [-0.2, 0) is 16.6 Å². The maximum atomic E-state index is 14.5. The summed E-state index contributed by atoms with van der Waals surface area (Å²) in [7, 11) is -2.44. The monoisotopic (exact) mass is 336 g/mol. The fourth-order valence-electron chi connectivity index (χ4n) is 1.97. The normalized spacial score (nSPS) is 12.4. The molecule has 1 rings (SSSR count). The SMILES string of the molecule is CCNCc1cc(Cl)cc(S(=O)(=O)N(C)CC(C)C)c1F. The first kappa shape index (κ1) is 18.4. The van der Waals surface area contributed by atoms with Crippen LogP contribution in [0.15, 0.2) is 17.0 Å². The Morgan fingerprint density at radius 3 is 2.52 bits per heavy atom. The van der Waals surface area contributed by atoms with E-state index in [-0.39, 0.29) is 27.9 Å². The summed E-state index contributed by atoms with van der Waals surface area (Å²) < 4.78 is 40.6. The molecule has 0 aliphatic heterocycles. The van der Waals surface area contributed by atoms with Crippen LogP contribution >= 0.6 is 11.6 Å². The van der Waals surface area contributed by atoms with Gasteiger partial charge in [-0.2, -0.15) is 0 Å². The Morgan fingerprint density at radius 1 is 1.38 bits per heavy atom. The molecule has 21 heavy (non-hydrogen) atoms. The molecule has 0 unspecified atom stereocenters. The van der Waals surface area contributed by atoms with Gasteiger partial charge in [-0.3, -0.25) is 0 Å². The zero-order valence-electron chi connectivity index (χ0n) is 12.8. The lowest BCUT2D eigenvalue weighted by atomic mass is 10.2. The first-order valence-electron chi connectivity index (χ1n) is 6.85. The molecule has 0 atom stereocenters. The van der Waals surface area contributed by atoms with Crippen molar-refractivity contribution in [2.75, 3.05) is 20.1 Å². The number of nitrogens with one attached hydrogen (secondary N) is 1.